The number of hydrogen-bond donors (Lipinski definition) is 3. The maximum atomic E-state index is 11.1. The highest BCUT2D eigenvalue weighted by atomic mass is 31.2. The lowest BCUT2D eigenvalue weighted by Gasteiger charge is -2.24. The van der Waals surface area contributed by atoms with Crippen molar-refractivity contribution in [3.63, 3.8) is 0 Å². The van der Waals surface area contributed by atoms with Crippen molar-refractivity contribution < 1.29 is 38.0 Å². The maximum absolute atomic E-state index is 11.1. The monoisotopic (exact) mass is 314 g/mol. The van der Waals surface area contributed by atoms with Crippen molar-refractivity contribution in [3.05, 3.63) is 12.2 Å². The Morgan fingerprint density at radius 3 is 2.00 bits per heavy atom. The van der Waals surface area contributed by atoms with Crippen LogP contribution in [0.15, 0.2) is 12.2 Å². The van der Waals surface area contributed by atoms with Crippen LogP contribution in [0, 0.1) is 0 Å². The van der Waals surface area contributed by atoms with Crippen LogP contribution in [-0.2, 0) is 18.8 Å². The summed E-state index contributed by atoms with van der Waals surface area (Å²) in [6, 6.07) is 0. The summed E-state index contributed by atoms with van der Waals surface area (Å²) >= 11 is 0. The first-order valence-corrected chi connectivity index (χ1v) is 7.35. The van der Waals surface area contributed by atoms with Crippen molar-refractivity contribution in [2.24, 2.45) is 0 Å². The minimum absolute atomic E-state index is 0.386. The molecule has 120 valence electrons. The topological polar surface area (TPSA) is 113 Å². The first kappa shape index (κ1) is 21.5. The minimum Gasteiger partial charge on any atom is -0.433 e. The summed E-state index contributed by atoms with van der Waals surface area (Å²) in [5, 5.41) is 0. The summed E-state index contributed by atoms with van der Waals surface area (Å²) < 4.78 is 20.0. The van der Waals surface area contributed by atoms with Crippen molar-refractivity contribution >= 4 is 13.8 Å². The summed E-state index contributed by atoms with van der Waals surface area (Å²) in [7, 11) is 1.59. The van der Waals surface area contributed by atoms with Crippen molar-refractivity contribution in [1.82, 2.24) is 0 Å². The second kappa shape index (κ2) is 9.23. The van der Waals surface area contributed by atoms with E-state index in [0.717, 1.165) is 11.0 Å². The number of esters is 1. The highest BCUT2D eigenvalue weighted by Crippen LogP contribution is 2.25. The molecule has 0 aromatic heterocycles. The molecule has 0 amide bonds. The summed E-state index contributed by atoms with van der Waals surface area (Å²) in [6.07, 6.45) is -0.513. The Kier molecular flexibility index (Phi) is 9.94. The number of phosphoric acid groups is 1. The zero-order valence-electron chi connectivity index (χ0n) is 12.6. The molecule has 8 nitrogen and oxygen atoms in total. The zero-order chi connectivity index (χ0) is 16.6. The van der Waals surface area contributed by atoms with Crippen LogP contribution in [0.4, 0.5) is 0 Å². The molecular weight excluding hydrogens is 289 g/mol. The molecule has 0 aliphatic heterocycles. The molecule has 0 saturated carbocycles. The summed E-state index contributed by atoms with van der Waals surface area (Å²) in [4.78, 5) is 32.7. The van der Waals surface area contributed by atoms with Crippen LogP contribution in [0.25, 0.3) is 0 Å². The average Bonchev–Trinajstić information content (AvgIpc) is 2.12. The first-order chi connectivity index (χ1) is 8.72. The van der Waals surface area contributed by atoms with Gasteiger partial charge in [0, 0.05) is 5.57 Å². The molecule has 0 radical (unpaired) electrons. The highest BCUT2D eigenvalue weighted by Gasteiger charge is 2.12. The quantitative estimate of drug-likeness (QED) is 0.212. The number of carbonyl (C=O) groups excluding carboxylic acids is 1. The standard InChI is InChI=1S/C11H22NO3.H3O4P/c1-9(2)11(13)15-10(3)14-8-7-12(4,5)6;1-5(2,3)4/h10H,1,7-8H2,2-6H3;(H3,1,2,3,4)/q+1;. The fourth-order valence-corrected chi connectivity index (χ4v) is 0.778. The van der Waals surface area contributed by atoms with Gasteiger partial charge in [-0.1, -0.05) is 6.58 Å². The van der Waals surface area contributed by atoms with E-state index in [0.29, 0.717) is 12.2 Å². The van der Waals surface area contributed by atoms with Crippen molar-refractivity contribution in [1.29, 1.82) is 0 Å². The second-order valence-electron chi connectivity index (χ2n) is 5.15. The number of hydrogen-bond acceptors (Lipinski definition) is 4. The van der Waals surface area contributed by atoms with Gasteiger partial charge in [0.25, 0.3) is 0 Å². The second-order valence-corrected chi connectivity index (χ2v) is 6.18. The molecule has 0 aliphatic carbocycles. The van der Waals surface area contributed by atoms with Crippen molar-refractivity contribution in [2.75, 3.05) is 34.3 Å². The number of quaternary nitrogens is 1. The van der Waals surface area contributed by atoms with Gasteiger partial charge in [0.15, 0.2) is 0 Å². The molecule has 0 aromatic carbocycles. The van der Waals surface area contributed by atoms with Crippen LogP contribution in [-0.4, -0.2) is 65.7 Å². The Bertz CT molecular complexity index is 350. The molecule has 0 aliphatic rings. The molecule has 0 fully saturated rings. The van der Waals surface area contributed by atoms with E-state index in [-0.39, 0.29) is 0 Å². The summed E-state index contributed by atoms with van der Waals surface area (Å²) in [6.45, 7) is 8.25. The highest BCUT2D eigenvalue weighted by molar-refractivity contribution is 7.45. The Morgan fingerprint density at radius 2 is 1.70 bits per heavy atom. The predicted octanol–water partition coefficient (Wildman–Crippen LogP) is 0.246. The fraction of sp³-hybridized carbons (Fsp3) is 0.727. The van der Waals surface area contributed by atoms with Crippen LogP contribution < -0.4 is 0 Å². The molecule has 0 bridgehead atoms. The number of ether oxygens (including phenoxy) is 2. The fourth-order valence-electron chi connectivity index (χ4n) is 0.778. The van der Waals surface area contributed by atoms with Gasteiger partial charge in [-0.2, -0.15) is 0 Å². The molecule has 0 heterocycles. The molecule has 9 heteroatoms. The molecular formula is C11H25NO7P+. The van der Waals surface area contributed by atoms with E-state index in [9.17, 15) is 4.79 Å². The average molecular weight is 314 g/mol. The minimum atomic E-state index is -4.64. The third-order valence-electron chi connectivity index (χ3n) is 1.74. The van der Waals surface area contributed by atoms with Gasteiger partial charge in [-0.05, 0) is 13.8 Å². The lowest BCUT2D eigenvalue weighted by Crippen LogP contribution is -2.38. The van der Waals surface area contributed by atoms with E-state index in [1.165, 1.54) is 0 Å². The van der Waals surface area contributed by atoms with Crippen LogP contribution in [0.2, 0.25) is 0 Å². The lowest BCUT2D eigenvalue weighted by atomic mass is 10.4. The molecule has 0 saturated heterocycles. The SMILES string of the molecule is C=C(C)C(=O)OC(C)OCC[N+](C)(C)C.O=P(O)(O)O. The summed E-state index contributed by atoms with van der Waals surface area (Å²) in [5.41, 5.74) is 0.386. The molecule has 0 rings (SSSR count). The third kappa shape index (κ3) is 22.4. The van der Waals surface area contributed by atoms with Gasteiger partial charge in [0.05, 0.1) is 27.7 Å². The van der Waals surface area contributed by atoms with E-state index in [4.69, 9.17) is 28.7 Å². The van der Waals surface area contributed by atoms with E-state index in [1.54, 1.807) is 13.8 Å². The van der Waals surface area contributed by atoms with E-state index in [1.807, 2.05) is 0 Å². The largest absolute Gasteiger partial charge is 0.466 e. The van der Waals surface area contributed by atoms with Crippen molar-refractivity contribution in [3.8, 4) is 0 Å². The Labute approximate surface area is 119 Å². The van der Waals surface area contributed by atoms with Gasteiger partial charge < -0.3 is 28.6 Å². The van der Waals surface area contributed by atoms with Gasteiger partial charge >= 0.3 is 13.8 Å². The molecule has 20 heavy (non-hydrogen) atoms. The van der Waals surface area contributed by atoms with E-state index < -0.39 is 20.1 Å². The van der Waals surface area contributed by atoms with Crippen LogP contribution in [0.3, 0.4) is 0 Å². The molecule has 3 N–H and O–H groups in total. The van der Waals surface area contributed by atoms with Crippen LogP contribution in [0.1, 0.15) is 13.8 Å². The first-order valence-electron chi connectivity index (χ1n) is 5.79. The number of rotatable bonds is 6. The molecule has 1 atom stereocenters. The van der Waals surface area contributed by atoms with Crippen molar-refractivity contribution in [2.45, 2.75) is 20.1 Å². The third-order valence-corrected chi connectivity index (χ3v) is 1.74. The molecule has 1 unspecified atom stereocenters. The molecule has 0 aromatic rings. The molecule has 0 spiro atoms. The zero-order valence-corrected chi connectivity index (χ0v) is 13.5. The van der Waals surface area contributed by atoms with E-state index in [2.05, 4.69) is 27.7 Å². The lowest BCUT2D eigenvalue weighted by molar-refractivity contribution is -0.871. The number of likely N-dealkylation sites (N-methyl/N-ethyl adjacent to an activating group) is 1. The Balaban J connectivity index is 0. The maximum Gasteiger partial charge on any atom is 0.466 e. The smallest absolute Gasteiger partial charge is 0.433 e. The van der Waals surface area contributed by atoms with E-state index >= 15 is 0 Å². The van der Waals surface area contributed by atoms with Crippen LogP contribution >= 0.6 is 7.82 Å². The normalized spacial score (nSPS) is 13.0. The predicted molar refractivity (Wildman–Crippen MR) is 73.5 cm³/mol. The number of carbonyl (C=O) groups is 1. The Morgan fingerprint density at radius 1 is 1.30 bits per heavy atom. The van der Waals surface area contributed by atoms with Gasteiger partial charge in [0.1, 0.15) is 6.54 Å². The number of nitrogens with zero attached hydrogens (tertiary/aromatic N) is 1. The van der Waals surface area contributed by atoms with Gasteiger partial charge in [-0.3, -0.25) is 0 Å². The van der Waals surface area contributed by atoms with Crippen LogP contribution in [0.5, 0.6) is 0 Å². The van der Waals surface area contributed by atoms with Gasteiger partial charge in [-0.25, -0.2) is 9.36 Å². The Hall–Kier alpha value is -0.760. The van der Waals surface area contributed by atoms with Gasteiger partial charge in [-0.15, -0.1) is 0 Å². The van der Waals surface area contributed by atoms with Gasteiger partial charge in [0.2, 0.25) is 6.29 Å². The summed E-state index contributed by atoms with van der Waals surface area (Å²) in [5.74, 6) is -0.409.